The molecule has 2 aromatic carbocycles. The fourth-order valence-corrected chi connectivity index (χ4v) is 2.22. The number of rotatable bonds is 6. The van der Waals surface area contributed by atoms with E-state index in [1.807, 2.05) is 25.1 Å². The number of methoxy groups -OCH3 is 2. The van der Waals surface area contributed by atoms with E-state index in [4.69, 9.17) is 4.74 Å². The van der Waals surface area contributed by atoms with Gasteiger partial charge in [0.1, 0.15) is 0 Å². The summed E-state index contributed by atoms with van der Waals surface area (Å²) in [5, 5.41) is 3.32. The maximum absolute atomic E-state index is 13.7. The Morgan fingerprint density at radius 2 is 1.87 bits per heavy atom. The largest absolute Gasteiger partial charge is 0.494 e. The van der Waals surface area contributed by atoms with Crippen molar-refractivity contribution in [1.29, 1.82) is 0 Å². The third-order valence-corrected chi connectivity index (χ3v) is 3.66. The molecule has 0 heterocycles. The fourth-order valence-electron chi connectivity index (χ4n) is 2.22. The van der Waals surface area contributed by atoms with Crippen molar-refractivity contribution in [3.63, 3.8) is 0 Å². The zero-order valence-corrected chi connectivity index (χ0v) is 13.4. The van der Waals surface area contributed by atoms with E-state index in [-0.39, 0.29) is 23.6 Å². The van der Waals surface area contributed by atoms with Gasteiger partial charge in [0, 0.05) is 12.6 Å². The first-order chi connectivity index (χ1) is 11.0. The predicted octanol–water partition coefficient (Wildman–Crippen LogP) is 3.47. The number of carbonyl (C=O) groups excluding carboxylic acids is 1. The number of esters is 1. The number of benzene rings is 2. The SMILES string of the molecule is COC(=O)c1ccc(CN[C@@H](C)c2ccc(OC)c(F)c2)cc1. The average Bonchev–Trinajstić information content (AvgIpc) is 2.59. The standard InChI is InChI=1S/C18H20FNO3/c1-12(15-8-9-17(22-2)16(19)10-15)20-11-13-4-6-14(7-5-13)18(21)23-3/h4-10,12,20H,11H2,1-3H3/t12-/m0/s1. The Bertz CT molecular complexity index is 670. The van der Waals surface area contributed by atoms with Gasteiger partial charge in [0.25, 0.3) is 0 Å². The van der Waals surface area contributed by atoms with Crippen LogP contribution in [0.3, 0.4) is 0 Å². The molecule has 1 N–H and O–H groups in total. The Kier molecular flexibility index (Phi) is 5.71. The first-order valence-electron chi connectivity index (χ1n) is 7.29. The molecule has 1 atom stereocenters. The van der Waals surface area contributed by atoms with Crippen molar-refractivity contribution < 1.29 is 18.7 Å². The van der Waals surface area contributed by atoms with Crippen molar-refractivity contribution in [2.45, 2.75) is 19.5 Å². The second-order valence-electron chi connectivity index (χ2n) is 5.19. The highest BCUT2D eigenvalue weighted by molar-refractivity contribution is 5.89. The van der Waals surface area contributed by atoms with Gasteiger partial charge in [-0.1, -0.05) is 18.2 Å². The Hall–Kier alpha value is -2.40. The summed E-state index contributed by atoms with van der Waals surface area (Å²) in [6.45, 7) is 2.57. The maximum atomic E-state index is 13.7. The van der Waals surface area contributed by atoms with Gasteiger partial charge < -0.3 is 14.8 Å². The molecule has 0 fully saturated rings. The van der Waals surface area contributed by atoms with E-state index in [2.05, 4.69) is 10.1 Å². The smallest absolute Gasteiger partial charge is 0.337 e. The first-order valence-corrected chi connectivity index (χ1v) is 7.29. The number of hydrogen-bond acceptors (Lipinski definition) is 4. The topological polar surface area (TPSA) is 47.6 Å². The van der Waals surface area contributed by atoms with Crippen molar-refractivity contribution in [2.75, 3.05) is 14.2 Å². The van der Waals surface area contributed by atoms with Gasteiger partial charge in [0.2, 0.25) is 0 Å². The van der Waals surface area contributed by atoms with Crippen molar-refractivity contribution in [1.82, 2.24) is 5.32 Å². The Balaban J connectivity index is 1.97. The summed E-state index contributed by atoms with van der Waals surface area (Å²) < 4.78 is 23.3. The highest BCUT2D eigenvalue weighted by atomic mass is 19.1. The predicted molar refractivity (Wildman–Crippen MR) is 86.0 cm³/mol. The van der Waals surface area contributed by atoms with Gasteiger partial charge in [-0.2, -0.15) is 0 Å². The molecular weight excluding hydrogens is 297 g/mol. The Morgan fingerprint density at radius 3 is 2.43 bits per heavy atom. The van der Waals surface area contributed by atoms with Gasteiger partial charge in [0.15, 0.2) is 11.6 Å². The van der Waals surface area contributed by atoms with Crippen LogP contribution in [0.1, 0.15) is 34.5 Å². The van der Waals surface area contributed by atoms with E-state index in [1.165, 1.54) is 20.3 Å². The lowest BCUT2D eigenvalue weighted by Gasteiger charge is -2.15. The van der Waals surface area contributed by atoms with Crippen LogP contribution in [-0.2, 0) is 11.3 Å². The molecule has 0 aliphatic carbocycles. The number of halogens is 1. The lowest BCUT2D eigenvalue weighted by Crippen LogP contribution is -2.18. The number of ether oxygens (including phenoxy) is 2. The van der Waals surface area contributed by atoms with E-state index >= 15 is 0 Å². The Morgan fingerprint density at radius 1 is 1.17 bits per heavy atom. The van der Waals surface area contributed by atoms with E-state index in [0.29, 0.717) is 12.1 Å². The zero-order chi connectivity index (χ0) is 16.8. The minimum absolute atomic E-state index is 0.0179. The van der Waals surface area contributed by atoms with Gasteiger partial charge in [-0.15, -0.1) is 0 Å². The molecule has 0 unspecified atom stereocenters. The summed E-state index contributed by atoms with van der Waals surface area (Å²) >= 11 is 0. The second-order valence-corrected chi connectivity index (χ2v) is 5.19. The van der Waals surface area contributed by atoms with Crippen molar-refractivity contribution in [3.8, 4) is 5.75 Å². The van der Waals surface area contributed by atoms with Crippen LogP contribution in [0.25, 0.3) is 0 Å². The van der Waals surface area contributed by atoms with Gasteiger partial charge in [0.05, 0.1) is 19.8 Å². The normalized spacial score (nSPS) is 11.8. The highest BCUT2D eigenvalue weighted by Crippen LogP contribution is 2.22. The van der Waals surface area contributed by atoms with Crippen LogP contribution in [0.5, 0.6) is 5.75 Å². The molecule has 122 valence electrons. The molecule has 5 heteroatoms. The molecule has 23 heavy (non-hydrogen) atoms. The third kappa shape index (κ3) is 4.29. The summed E-state index contributed by atoms with van der Waals surface area (Å²) in [7, 11) is 2.80. The van der Waals surface area contributed by atoms with Crippen LogP contribution in [0.15, 0.2) is 42.5 Å². The van der Waals surface area contributed by atoms with Crippen molar-refractivity contribution in [2.24, 2.45) is 0 Å². The van der Waals surface area contributed by atoms with Gasteiger partial charge in [-0.25, -0.2) is 9.18 Å². The number of nitrogens with one attached hydrogen (secondary N) is 1. The average molecular weight is 317 g/mol. The second kappa shape index (κ2) is 7.74. The van der Waals surface area contributed by atoms with Crippen molar-refractivity contribution >= 4 is 5.97 Å². The summed E-state index contributed by atoms with van der Waals surface area (Å²) in [5.74, 6) is -0.494. The van der Waals surface area contributed by atoms with E-state index in [9.17, 15) is 9.18 Å². The molecule has 2 aromatic rings. The van der Waals surface area contributed by atoms with Gasteiger partial charge in [-0.3, -0.25) is 0 Å². The van der Waals surface area contributed by atoms with Crippen LogP contribution in [0.4, 0.5) is 4.39 Å². The Labute approximate surface area is 135 Å². The van der Waals surface area contributed by atoms with E-state index in [1.54, 1.807) is 18.2 Å². The molecule has 0 amide bonds. The fraction of sp³-hybridized carbons (Fsp3) is 0.278. The number of carbonyl (C=O) groups is 1. The van der Waals surface area contributed by atoms with Gasteiger partial charge in [-0.05, 0) is 42.3 Å². The first kappa shape index (κ1) is 17.0. The van der Waals surface area contributed by atoms with Crippen LogP contribution >= 0.6 is 0 Å². The molecule has 2 rings (SSSR count). The summed E-state index contributed by atoms with van der Waals surface area (Å²) in [6, 6.07) is 12.1. The highest BCUT2D eigenvalue weighted by Gasteiger charge is 2.10. The van der Waals surface area contributed by atoms with E-state index in [0.717, 1.165) is 11.1 Å². The lowest BCUT2D eigenvalue weighted by molar-refractivity contribution is 0.0600. The van der Waals surface area contributed by atoms with E-state index < -0.39 is 0 Å². The molecule has 0 saturated carbocycles. The molecule has 0 bridgehead atoms. The quantitative estimate of drug-likeness (QED) is 0.829. The molecule has 0 saturated heterocycles. The molecule has 0 radical (unpaired) electrons. The van der Waals surface area contributed by atoms with Crippen LogP contribution in [0, 0.1) is 5.82 Å². The van der Waals surface area contributed by atoms with Crippen LogP contribution < -0.4 is 10.1 Å². The molecule has 0 aromatic heterocycles. The minimum Gasteiger partial charge on any atom is -0.494 e. The molecule has 4 nitrogen and oxygen atoms in total. The van der Waals surface area contributed by atoms with Crippen LogP contribution in [0.2, 0.25) is 0 Å². The molecular formula is C18H20FNO3. The molecule has 0 aliphatic heterocycles. The summed E-state index contributed by atoms with van der Waals surface area (Å²) in [6.07, 6.45) is 0. The van der Waals surface area contributed by atoms with Crippen LogP contribution in [-0.4, -0.2) is 20.2 Å². The minimum atomic E-state index is -0.374. The summed E-state index contributed by atoms with van der Waals surface area (Å²) in [4.78, 5) is 11.4. The molecule has 0 spiro atoms. The third-order valence-electron chi connectivity index (χ3n) is 3.66. The molecule has 0 aliphatic rings. The monoisotopic (exact) mass is 317 g/mol. The van der Waals surface area contributed by atoms with Gasteiger partial charge >= 0.3 is 5.97 Å². The maximum Gasteiger partial charge on any atom is 0.337 e. The lowest BCUT2D eigenvalue weighted by atomic mass is 10.1. The number of hydrogen-bond donors (Lipinski definition) is 1. The zero-order valence-electron chi connectivity index (χ0n) is 13.4. The summed E-state index contributed by atoms with van der Waals surface area (Å²) in [5.41, 5.74) is 2.38. The van der Waals surface area contributed by atoms with Crippen molar-refractivity contribution in [3.05, 3.63) is 65.0 Å².